The smallest absolute Gasteiger partial charge is 0.387 e. The largest absolute Gasteiger partial charge is 0.452 e. The minimum atomic E-state index is -2.99. The Balaban J connectivity index is 1.49. The van der Waals surface area contributed by atoms with Gasteiger partial charge in [0.2, 0.25) is 0 Å². The van der Waals surface area contributed by atoms with Gasteiger partial charge < -0.3 is 9.47 Å². The van der Waals surface area contributed by atoms with Crippen LogP contribution in [-0.2, 0) is 9.53 Å². The number of halogens is 2. The van der Waals surface area contributed by atoms with Crippen molar-refractivity contribution in [2.75, 3.05) is 6.61 Å². The van der Waals surface area contributed by atoms with Gasteiger partial charge in [-0.3, -0.25) is 14.9 Å². The first-order valence-electron chi connectivity index (χ1n) is 8.32. The highest BCUT2D eigenvalue weighted by Crippen LogP contribution is 2.15. The second-order valence-corrected chi connectivity index (χ2v) is 5.66. The van der Waals surface area contributed by atoms with E-state index < -0.39 is 31.0 Å². The Morgan fingerprint density at radius 2 is 1.67 bits per heavy atom. The molecule has 0 unspecified atom stereocenters. The zero-order valence-electron chi connectivity index (χ0n) is 15.1. The van der Waals surface area contributed by atoms with Crippen LogP contribution in [0.2, 0.25) is 0 Å². The monoisotopic (exact) mass is 417 g/mol. The van der Waals surface area contributed by atoms with Crippen LogP contribution in [-0.4, -0.2) is 51.2 Å². The minimum Gasteiger partial charge on any atom is -0.452 e. The maximum atomic E-state index is 12.1. The molecule has 2 amide bonds. The Morgan fingerprint density at radius 3 is 2.27 bits per heavy atom. The van der Waals surface area contributed by atoms with Gasteiger partial charge in [-0.25, -0.2) is 9.48 Å². The molecule has 0 saturated carbocycles. The van der Waals surface area contributed by atoms with Gasteiger partial charge in [-0.1, -0.05) is 0 Å². The molecule has 12 heteroatoms. The summed E-state index contributed by atoms with van der Waals surface area (Å²) in [5.41, 5.74) is 0.833. The van der Waals surface area contributed by atoms with Crippen molar-refractivity contribution in [3.63, 3.8) is 0 Å². The summed E-state index contributed by atoms with van der Waals surface area (Å²) in [7, 11) is 0. The number of benzene rings is 2. The highest BCUT2D eigenvalue weighted by Gasteiger charge is 2.14. The number of carbonyl (C=O) groups excluding carboxylic acids is 3. The van der Waals surface area contributed by atoms with Crippen LogP contribution >= 0.6 is 0 Å². The summed E-state index contributed by atoms with van der Waals surface area (Å²) in [5, 5.41) is 12.7. The summed E-state index contributed by atoms with van der Waals surface area (Å²) in [4.78, 5) is 35.8. The Morgan fingerprint density at radius 1 is 1.00 bits per heavy atom. The number of tetrazole rings is 1. The lowest BCUT2D eigenvalue weighted by Gasteiger charge is -2.07. The highest BCUT2D eigenvalue weighted by molar-refractivity contribution is 6.05. The van der Waals surface area contributed by atoms with Crippen LogP contribution in [0, 0.1) is 0 Å². The van der Waals surface area contributed by atoms with Crippen LogP contribution in [0.1, 0.15) is 20.7 Å². The molecular weight excluding hydrogens is 404 g/mol. The van der Waals surface area contributed by atoms with E-state index in [0.717, 1.165) is 12.1 Å². The number of imide groups is 1. The number of hydrogen-bond donors (Lipinski definition) is 1. The number of amides is 2. The predicted octanol–water partition coefficient (Wildman–Crippen LogP) is 1.38. The van der Waals surface area contributed by atoms with Crippen molar-refractivity contribution in [2.24, 2.45) is 0 Å². The van der Waals surface area contributed by atoms with Crippen molar-refractivity contribution in [1.29, 1.82) is 0 Å². The van der Waals surface area contributed by atoms with Gasteiger partial charge in [0.1, 0.15) is 12.1 Å². The Hall–Kier alpha value is -4.22. The molecule has 0 aliphatic rings. The summed E-state index contributed by atoms with van der Waals surface area (Å²) in [6, 6.07) is 10.8. The number of alkyl halides is 2. The first kappa shape index (κ1) is 20.5. The number of rotatable bonds is 7. The normalized spacial score (nSPS) is 10.5. The molecule has 0 saturated heterocycles. The van der Waals surface area contributed by atoms with Crippen molar-refractivity contribution in [3.8, 4) is 11.4 Å². The molecule has 1 aromatic heterocycles. The quantitative estimate of drug-likeness (QED) is 0.572. The summed E-state index contributed by atoms with van der Waals surface area (Å²) in [6.07, 6.45) is 1.38. The fourth-order valence-corrected chi connectivity index (χ4v) is 2.27. The van der Waals surface area contributed by atoms with Crippen molar-refractivity contribution in [2.45, 2.75) is 6.61 Å². The second-order valence-electron chi connectivity index (χ2n) is 5.66. The van der Waals surface area contributed by atoms with Crippen molar-refractivity contribution >= 4 is 17.8 Å². The Labute approximate surface area is 167 Å². The minimum absolute atomic E-state index is 0.0366. The molecule has 0 aliphatic carbocycles. The fourth-order valence-electron chi connectivity index (χ4n) is 2.27. The molecule has 0 fully saturated rings. The summed E-state index contributed by atoms with van der Waals surface area (Å²) in [6.45, 7) is -3.68. The lowest BCUT2D eigenvalue weighted by atomic mass is 10.2. The first-order valence-corrected chi connectivity index (χ1v) is 8.32. The summed E-state index contributed by atoms with van der Waals surface area (Å²) < 4.78 is 34.6. The average molecular weight is 417 g/mol. The maximum Gasteiger partial charge on any atom is 0.387 e. The lowest BCUT2D eigenvalue weighted by Crippen LogP contribution is -2.34. The van der Waals surface area contributed by atoms with E-state index in [9.17, 15) is 23.2 Å². The second kappa shape index (κ2) is 9.32. The topological polar surface area (TPSA) is 125 Å². The molecule has 0 radical (unpaired) electrons. The van der Waals surface area contributed by atoms with E-state index in [0.29, 0.717) is 5.69 Å². The highest BCUT2D eigenvalue weighted by atomic mass is 19.3. The van der Waals surface area contributed by atoms with Gasteiger partial charge in [-0.05, 0) is 59.0 Å². The van der Waals surface area contributed by atoms with Crippen LogP contribution in [0.5, 0.6) is 5.75 Å². The number of esters is 1. The van der Waals surface area contributed by atoms with E-state index in [-0.39, 0.29) is 16.9 Å². The molecule has 0 aliphatic heterocycles. The average Bonchev–Trinajstić information content (AvgIpc) is 3.27. The van der Waals surface area contributed by atoms with Gasteiger partial charge in [-0.2, -0.15) is 8.78 Å². The van der Waals surface area contributed by atoms with E-state index in [1.807, 2.05) is 5.32 Å². The predicted molar refractivity (Wildman–Crippen MR) is 95.0 cm³/mol. The maximum absolute atomic E-state index is 12.1. The van der Waals surface area contributed by atoms with Crippen molar-refractivity contribution < 1.29 is 32.6 Å². The summed E-state index contributed by atoms with van der Waals surface area (Å²) >= 11 is 0. The van der Waals surface area contributed by atoms with Gasteiger partial charge in [0.15, 0.2) is 6.61 Å². The van der Waals surface area contributed by atoms with Gasteiger partial charge in [0.25, 0.3) is 11.8 Å². The number of aromatic nitrogens is 4. The SMILES string of the molecule is O=C(COC(=O)c1ccc(-n2cnnn2)cc1)NC(=O)c1ccc(OC(F)F)cc1. The van der Waals surface area contributed by atoms with Gasteiger partial charge in [-0.15, -0.1) is 5.10 Å². The number of hydrogen-bond acceptors (Lipinski definition) is 8. The van der Waals surface area contributed by atoms with Gasteiger partial charge >= 0.3 is 12.6 Å². The molecule has 0 atom stereocenters. The molecule has 3 aromatic rings. The Bertz CT molecular complexity index is 1020. The third-order valence-electron chi connectivity index (χ3n) is 3.65. The van der Waals surface area contributed by atoms with E-state index in [4.69, 9.17) is 4.74 Å². The van der Waals surface area contributed by atoms with Gasteiger partial charge in [0, 0.05) is 5.56 Å². The van der Waals surface area contributed by atoms with Gasteiger partial charge in [0.05, 0.1) is 11.3 Å². The first-order chi connectivity index (χ1) is 14.4. The zero-order valence-corrected chi connectivity index (χ0v) is 15.1. The third kappa shape index (κ3) is 5.41. The number of nitrogens with zero attached hydrogens (tertiary/aromatic N) is 4. The molecular formula is C18H13F2N5O5. The van der Waals surface area contributed by atoms with E-state index in [2.05, 4.69) is 20.3 Å². The molecule has 3 rings (SSSR count). The van der Waals surface area contributed by atoms with Crippen molar-refractivity contribution in [1.82, 2.24) is 25.5 Å². The number of carbonyl (C=O) groups is 3. The number of ether oxygens (including phenoxy) is 2. The third-order valence-corrected chi connectivity index (χ3v) is 3.65. The van der Waals surface area contributed by atoms with E-state index >= 15 is 0 Å². The zero-order chi connectivity index (χ0) is 21.5. The van der Waals surface area contributed by atoms with Crippen LogP contribution in [0.4, 0.5) is 8.78 Å². The van der Waals surface area contributed by atoms with Crippen LogP contribution in [0.25, 0.3) is 5.69 Å². The Kier molecular flexibility index (Phi) is 6.37. The van der Waals surface area contributed by atoms with Crippen LogP contribution in [0.15, 0.2) is 54.9 Å². The molecule has 30 heavy (non-hydrogen) atoms. The molecule has 0 bridgehead atoms. The molecule has 10 nitrogen and oxygen atoms in total. The number of nitrogens with one attached hydrogen (secondary N) is 1. The van der Waals surface area contributed by atoms with E-state index in [1.165, 1.54) is 35.3 Å². The standard InChI is InChI=1S/C18H13F2N5O5/c19-18(20)30-14-7-3-11(4-8-14)16(27)22-15(26)9-29-17(28)12-1-5-13(6-2-12)25-10-21-23-24-25/h1-8,10,18H,9H2,(H,22,26,27). The molecule has 1 N–H and O–H groups in total. The van der Waals surface area contributed by atoms with Crippen molar-refractivity contribution in [3.05, 3.63) is 66.0 Å². The lowest BCUT2D eigenvalue weighted by molar-refractivity contribution is -0.123. The molecule has 0 spiro atoms. The molecule has 2 aromatic carbocycles. The molecule has 154 valence electrons. The van der Waals surface area contributed by atoms with Crippen LogP contribution in [0.3, 0.4) is 0 Å². The van der Waals surface area contributed by atoms with Crippen LogP contribution < -0.4 is 10.1 Å². The fraction of sp³-hybridized carbons (Fsp3) is 0.111. The van der Waals surface area contributed by atoms with E-state index in [1.54, 1.807) is 12.1 Å². The molecule has 1 heterocycles. The summed E-state index contributed by atoms with van der Waals surface area (Å²) in [5.74, 6) is -2.54.